The number of halogens is 2. The van der Waals surface area contributed by atoms with Crippen LogP contribution in [0.3, 0.4) is 0 Å². The summed E-state index contributed by atoms with van der Waals surface area (Å²) >= 11 is 11.8. The minimum absolute atomic E-state index is 0.158. The summed E-state index contributed by atoms with van der Waals surface area (Å²) in [7, 11) is 0. The van der Waals surface area contributed by atoms with Crippen molar-refractivity contribution in [3.05, 3.63) is 51.6 Å². The van der Waals surface area contributed by atoms with E-state index in [1.807, 2.05) is 6.92 Å². The van der Waals surface area contributed by atoms with Crippen molar-refractivity contribution >= 4 is 40.9 Å². The Hall–Kier alpha value is -2.31. The van der Waals surface area contributed by atoms with E-state index in [2.05, 4.69) is 10.3 Å². The largest absolute Gasteiger partial charge is 0.494 e. The lowest BCUT2D eigenvalue weighted by atomic mass is 10.2. The van der Waals surface area contributed by atoms with E-state index in [0.717, 1.165) is 0 Å². The molecule has 0 bridgehead atoms. The van der Waals surface area contributed by atoms with Crippen molar-refractivity contribution in [2.75, 3.05) is 18.5 Å². The van der Waals surface area contributed by atoms with E-state index in [0.29, 0.717) is 28.6 Å². The fraction of sp³-hybridized carbons (Fsp3) is 0.235. The molecule has 2 rings (SSSR count). The number of hydrogen-bond acceptors (Lipinski definition) is 5. The first-order valence-electron chi connectivity index (χ1n) is 7.43. The van der Waals surface area contributed by atoms with Gasteiger partial charge in [-0.3, -0.25) is 4.79 Å². The summed E-state index contributed by atoms with van der Waals surface area (Å²) < 4.78 is 10.3. The first-order valence-corrected chi connectivity index (χ1v) is 8.18. The molecule has 0 aliphatic carbocycles. The summed E-state index contributed by atoms with van der Waals surface area (Å²) in [4.78, 5) is 27.9. The Morgan fingerprint density at radius 3 is 2.48 bits per heavy atom. The van der Waals surface area contributed by atoms with Crippen LogP contribution in [0.4, 0.5) is 5.82 Å². The number of pyridine rings is 1. The Bertz CT molecular complexity index is 779. The number of carbonyl (C=O) groups excluding carboxylic acids is 2. The van der Waals surface area contributed by atoms with E-state index >= 15 is 0 Å². The summed E-state index contributed by atoms with van der Waals surface area (Å²) in [6, 6.07) is 7.91. The molecule has 8 heteroatoms. The van der Waals surface area contributed by atoms with Gasteiger partial charge in [-0.25, -0.2) is 9.78 Å². The molecule has 0 aliphatic rings. The molecular formula is C17H16Cl2N2O4. The number of nitrogens with zero attached hydrogens (tertiary/aromatic N) is 1. The van der Waals surface area contributed by atoms with Crippen molar-refractivity contribution in [3.63, 3.8) is 0 Å². The van der Waals surface area contributed by atoms with Crippen molar-refractivity contribution < 1.29 is 19.1 Å². The van der Waals surface area contributed by atoms with E-state index in [4.69, 9.17) is 32.7 Å². The molecule has 0 aliphatic heterocycles. The number of amides is 1. The van der Waals surface area contributed by atoms with Gasteiger partial charge in [-0.15, -0.1) is 0 Å². The highest BCUT2D eigenvalue weighted by molar-refractivity contribution is 6.36. The monoisotopic (exact) mass is 382 g/mol. The quantitative estimate of drug-likeness (QED) is 0.766. The highest BCUT2D eigenvalue weighted by atomic mass is 35.5. The highest BCUT2D eigenvalue weighted by Crippen LogP contribution is 2.25. The molecule has 0 radical (unpaired) electrons. The Labute approximate surface area is 155 Å². The second-order valence-electron chi connectivity index (χ2n) is 4.97. The molecule has 0 atom stereocenters. The van der Waals surface area contributed by atoms with Gasteiger partial charge in [0, 0.05) is 0 Å². The molecule has 6 nitrogen and oxygen atoms in total. The van der Waals surface area contributed by atoms with Gasteiger partial charge in [0.25, 0.3) is 5.91 Å². The first-order chi connectivity index (χ1) is 11.9. The maximum Gasteiger partial charge on any atom is 0.338 e. The molecule has 0 saturated heterocycles. The van der Waals surface area contributed by atoms with Crippen LogP contribution < -0.4 is 10.1 Å². The average molecular weight is 383 g/mol. The van der Waals surface area contributed by atoms with Crippen molar-refractivity contribution in [2.24, 2.45) is 0 Å². The summed E-state index contributed by atoms with van der Waals surface area (Å²) in [6.45, 7) is 3.61. The third kappa shape index (κ3) is 5.34. The van der Waals surface area contributed by atoms with Crippen molar-refractivity contribution in [2.45, 2.75) is 13.8 Å². The molecule has 0 saturated carbocycles. The van der Waals surface area contributed by atoms with E-state index in [9.17, 15) is 9.59 Å². The Balaban J connectivity index is 1.91. The van der Waals surface area contributed by atoms with Gasteiger partial charge in [0.2, 0.25) is 0 Å². The topological polar surface area (TPSA) is 77.5 Å². The molecule has 2 aromatic rings. The lowest BCUT2D eigenvalue weighted by molar-refractivity contribution is -0.119. The molecule has 1 N–H and O–H groups in total. The second kappa shape index (κ2) is 8.69. The molecule has 25 heavy (non-hydrogen) atoms. The van der Waals surface area contributed by atoms with Crippen LogP contribution in [0.25, 0.3) is 0 Å². The van der Waals surface area contributed by atoms with Crippen LogP contribution in [0, 0.1) is 6.92 Å². The predicted octanol–water partition coefficient (Wildman–Crippen LogP) is 3.89. The fourth-order valence-electron chi connectivity index (χ4n) is 1.88. The number of esters is 1. The zero-order chi connectivity index (χ0) is 18.4. The number of nitrogens with one attached hydrogen (secondary N) is 1. The van der Waals surface area contributed by atoms with Crippen molar-refractivity contribution in [1.29, 1.82) is 0 Å². The number of aryl methyl sites for hydroxylation is 1. The Morgan fingerprint density at radius 2 is 1.84 bits per heavy atom. The van der Waals surface area contributed by atoms with Crippen molar-refractivity contribution in [1.82, 2.24) is 4.98 Å². The first kappa shape index (κ1) is 19.0. The molecule has 0 spiro atoms. The zero-order valence-electron chi connectivity index (χ0n) is 13.6. The number of ether oxygens (including phenoxy) is 2. The third-order valence-corrected chi connectivity index (χ3v) is 3.77. The van der Waals surface area contributed by atoms with E-state index < -0.39 is 18.5 Å². The molecule has 0 fully saturated rings. The van der Waals surface area contributed by atoms with Crippen LogP contribution >= 0.6 is 23.2 Å². The third-order valence-electron chi connectivity index (χ3n) is 3.10. The number of rotatable bonds is 6. The van der Waals surface area contributed by atoms with Gasteiger partial charge in [-0.2, -0.15) is 0 Å². The van der Waals surface area contributed by atoms with Crippen LogP contribution in [0.15, 0.2) is 30.3 Å². The number of anilines is 1. The second-order valence-corrected chi connectivity index (χ2v) is 5.78. The smallest absolute Gasteiger partial charge is 0.338 e. The van der Waals surface area contributed by atoms with E-state index in [1.165, 1.54) is 6.07 Å². The van der Waals surface area contributed by atoms with Gasteiger partial charge in [0.1, 0.15) is 5.75 Å². The zero-order valence-corrected chi connectivity index (χ0v) is 15.1. The highest BCUT2D eigenvalue weighted by Gasteiger charge is 2.13. The van der Waals surface area contributed by atoms with E-state index in [1.54, 1.807) is 31.2 Å². The van der Waals surface area contributed by atoms with E-state index in [-0.39, 0.29) is 10.8 Å². The van der Waals surface area contributed by atoms with Gasteiger partial charge in [0.15, 0.2) is 12.4 Å². The lowest BCUT2D eigenvalue weighted by Crippen LogP contribution is -2.21. The Kier molecular flexibility index (Phi) is 6.61. The van der Waals surface area contributed by atoms with Gasteiger partial charge in [0.05, 0.1) is 27.9 Å². The number of aromatic nitrogens is 1. The maximum atomic E-state index is 11.9. The molecule has 1 amide bonds. The van der Waals surface area contributed by atoms with Gasteiger partial charge in [-0.1, -0.05) is 23.2 Å². The number of benzene rings is 1. The van der Waals surface area contributed by atoms with Gasteiger partial charge >= 0.3 is 5.97 Å². The fourth-order valence-corrected chi connectivity index (χ4v) is 2.29. The SMILES string of the molecule is CCOc1ccc(C(=O)OCC(=O)Nc2nc(C)c(Cl)cc2Cl)cc1. The van der Waals surface area contributed by atoms with Crippen molar-refractivity contribution in [3.8, 4) is 5.75 Å². The molecular weight excluding hydrogens is 367 g/mol. The van der Waals surface area contributed by atoms with Crippen LogP contribution in [-0.4, -0.2) is 30.1 Å². The summed E-state index contributed by atoms with van der Waals surface area (Å²) in [5, 5.41) is 3.06. The van der Waals surface area contributed by atoms with Gasteiger partial charge < -0.3 is 14.8 Å². The molecule has 1 heterocycles. The number of carbonyl (C=O) groups is 2. The average Bonchev–Trinajstić information content (AvgIpc) is 2.58. The van der Waals surface area contributed by atoms with Gasteiger partial charge in [-0.05, 0) is 44.2 Å². The lowest BCUT2D eigenvalue weighted by Gasteiger charge is -2.09. The molecule has 0 unspecified atom stereocenters. The molecule has 1 aromatic heterocycles. The Morgan fingerprint density at radius 1 is 1.16 bits per heavy atom. The standard InChI is InChI=1S/C17H16Cl2N2O4/c1-3-24-12-6-4-11(5-7-12)17(23)25-9-15(22)21-16-14(19)8-13(18)10(2)20-16/h4-8H,3,9H2,1-2H3,(H,20,21,22). The maximum absolute atomic E-state index is 11.9. The predicted molar refractivity (Wildman–Crippen MR) is 95.5 cm³/mol. The summed E-state index contributed by atoms with van der Waals surface area (Å²) in [6.07, 6.45) is 0. The minimum Gasteiger partial charge on any atom is -0.494 e. The normalized spacial score (nSPS) is 10.2. The summed E-state index contributed by atoms with van der Waals surface area (Å²) in [5.41, 5.74) is 0.836. The molecule has 1 aromatic carbocycles. The van der Waals surface area contributed by atoms with Crippen LogP contribution in [0.1, 0.15) is 23.0 Å². The summed E-state index contributed by atoms with van der Waals surface area (Å²) in [5.74, 6) is -0.374. The van der Waals surface area contributed by atoms with Crippen LogP contribution in [0.2, 0.25) is 10.0 Å². The van der Waals surface area contributed by atoms with Crippen LogP contribution in [0.5, 0.6) is 5.75 Å². The minimum atomic E-state index is -0.621. The van der Waals surface area contributed by atoms with Crippen LogP contribution in [-0.2, 0) is 9.53 Å². The molecule has 132 valence electrons. The number of hydrogen-bond donors (Lipinski definition) is 1.